The van der Waals surface area contributed by atoms with Crippen LogP contribution in [-0.4, -0.2) is 5.16 Å². The van der Waals surface area contributed by atoms with Crippen LogP contribution in [0.2, 0.25) is 0 Å². The van der Waals surface area contributed by atoms with Crippen LogP contribution in [0, 0.1) is 11.3 Å². The molecule has 1 heterocycles. The molecule has 1 unspecified atom stereocenters. The van der Waals surface area contributed by atoms with Crippen LogP contribution in [0.3, 0.4) is 0 Å². The molecule has 3 heteroatoms. The molecule has 0 spiro atoms. The van der Waals surface area contributed by atoms with Crippen molar-refractivity contribution in [2.45, 2.75) is 53.9 Å². The number of rotatable bonds is 4. The van der Waals surface area contributed by atoms with Crippen molar-refractivity contribution in [2.75, 3.05) is 5.73 Å². The third kappa shape index (κ3) is 3.00. The molecule has 0 saturated heterocycles. The van der Waals surface area contributed by atoms with Crippen LogP contribution < -0.4 is 5.73 Å². The Labute approximate surface area is 98.4 Å². The van der Waals surface area contributed by atoms with E-state index in [1.165, 1.54) is 0 Å². The van der Waals surface area contributed by atoms with Crippen molar-refractivity contribution in [1.29, 1.82) is 0 Å². The summed E-state index contributed by atoms with van der Waals surface area (Å²) < 4.78 is 5.34. The van der Waals surface area contributed by atoms with E-state index in [4.69, 9.17) is 10.3 Å². The van der Waals surface area contributed by atoms with Gasteiger partial charge in [-0.05, 0) is 17.8 Å². The first-order chi connectivity index (χ1) is 7.36. The smallest absolute Gasteiger partial charge is 0.170 e. The largest absolute Gasteiger partial charge is 0.381 e. The van der Waals surface area contributed by atoms with Gasteiger partial charge in [0.05, 0.1) is 0 Å². The normalized spacial score (nSPS) is 14.1. The third-order valence-electron chi connectivity index (χ3n) is 3.37. The van der Waals surface area contributed by atoms with Crippen molar-refractivity contribution >= 4 is 5.82 Å². The molecule has 1 aromatic rings. The molecule has 0 amide bonds. The SMILES string of the molecule is CCCc1c(N)noc1CC(C)C(C)(C)C. The van der Waals surface area contributed by atoms with Crippen LogP contribution in [0.4, 0.5) is 5.82 Å². The van der Waals surface area contributed by atoms with Gasteiger partial charge in [-0.25, -0.2) is 0 Å². The molecular weight excluding hydrogens is 200 g/mol. The fraction of sp³-hybridized carbons (Fsp3) is 0.769. The van der Waals surface area contributed by atoms with Gasteiger partial charge in [-0.3, -0.25) is 0 Å². The van der Waals surface area contributed by atoms with E-state index >= 15 is 0 Å². The Morgan fingerprint density at radius 3 is 2.50 bits per heavy atom. The summed E-state index contributed by atoms with van der Waals surface area (Å²) in [6.45, 7) is 11.1. The summed E-state index contributed by atoms with van der Waals surface area (Å²) in [5.41, 5.74) is 7.20. The molecule has 1 atom stereocenters. The first kappa shape index (κ1) is 13.1. The van der Waals surface area contributed by atoms with Gasteiger partial charge in [0, 0.05) is 12.0 Å². The Balaban J connectivity index is 2.81. The zero-order valence-electron chi connectivity index (χ0n) is 11.1. The predicted molar refractivity (Wildman–Crippen MR) is 67.2 cm³/mol. The molecule has 92 valence electrons. The molecule has 0 bridgehead atoms. The molecular formula is C13H24N2O. The average Bonchev–Trinajstić information content (AvgIpc) is 2.49. The Morgan fingerprint density at radius 2 is 2.00 bits per heavy atom. The van der Waals surface area contributed by atoms with E-state index in [9.17, 15) is 0 Å². The number of hydrogen-bond acceptors (Lipinski definition) is 3. The average molecular weight is 224 g/mol. The molecule has 0 fully saturated rings. The van der Waals surface area contributed by atoms with Crippen LogP contribution in [0.15, 0.2) is 4.52 Å². The summed E-state index contributed by atoms with van der Waals surface area (Å²) in [5, 5.41) is 3.87. The maximum Gasteiger partial charge on any atom is 0.170 e. The van der Waals surface area contributed by atoms with Crippen LogP contribution >= 0.6 is 0 Å². The fourth-order valence-corrected chi connectivity index (χ4v) is 1.62. The Morgan fingerprint density at radius 1 is 1.38 bits per heavy atom. The fourth-order valence-electron chi connectivity index (χ4n) is 1.62. The molecule has 3 nitrogen and oxygen atoms in total. The first-order valence-corrected chi connectivity index (χ1v) is 6.09. The number of nitrogens with two attached hydrogens (primary N) is 1. The van der Waals surface area contributed by atoms with Crippen molar-refractivity contribution in [3.8, 4) is 0 Å². The highest BCUT2D eigenvalue weighted by atomic mass is 16.5. The van der Waals surface area contributed by atoms with E-state index < -0.39 is 0 Å². The zero-order chi connectivity index (χ0) is 12.3. The summed E-state index contributed by atoms with van der Waals surface area (Å²) in [6.07, 6.45) is 2.95. The van der Waals surface area contributed by atoms with Gasteiger partial charge in [0.25, 0.3) is 0 Å². The Kier molecular flexibility index (Phi) is 4.00. The lowest BCUT2D eigenvalue weighted by molar-refractivity contribution is 0.239. The monoisotopic (exact) mass is 224 g/mol. The molecule has 2 N–H and O–H groups in total. The second-order valence-corrected chi connectivity index (χ2v) is 5.69. The first-order valence-electron chi connectivity index (χ1n) is 6.09. The summed E-state index contributed by atoms with van der Waals surface area (Å²) in [7, 11) is 0. The highest BCUT2D eigenvalue weighted by Gasteiger charge is 2.24. The number of anilines is 1. The number of nitrogen functional groups attached to an aromatic ring is 1. The lowest BCUT2D eigenvalue weighted by atomic mass is 9.79. The summed E-state index contributed by atoms with van der Waals surface area (Å²) in [5.74, 6) is 2.09. The molecule has 0 aromatic carbocycles. The van der Waals surface area contributed by atoms with E-state index in [0.717, 1.165) is 30.6 Å². The van der Waals surface area contributed by atoms with E-state index in [2.05, 4.69) is 39.8 Å². The van der Waals surface area contributed by atoms with Crippen molar-refractivity contribution in [3.05, 3.63) is 11.3 Å². The minimum atomic E-state index is 0.283. The van der Waals surface area contributed by atoms with Gasteiger partial charge >= 0.3 is 0 Å². The molecule has 0 radical (unpaired) electrons. The standard InChI is InChI=1S/C13H24N2O/c1-6-7-10-11(16-15-12(10)14)8-9(2)13(3,4)5/h9H,6-8H2,1-5H3,(H2,14,15). The van der Waals surface area contributed by atoms with Crippen molar-refractivity contribution < 1.29 is 4.52 Å². The Hall–Kier alpha value is -0.990. The minimum absolute atomic E-state index is 0.283. The molecule has 16 heavy (non-hydrogen) atoms. The Bertz CT molecular complexity index is 336. The van der Waals surface area contributed by atoms with Gasteiger partial charge < -0.3 is 10.3 Å². The van der Waals surface area contributed by atoms with Crippen molar-refractivity contribution in [1.82, 2.24) is 5.16 Å². The minimum Gasteiger partial charge on any atom is -0.381 e. The lowest BCUT2D eigenvalue weighted by Gasteiger charge is -2.26. The lowest BCUT2D eigenvalue weighted by Crippen LogP contribution is -2.19. The highest BCUT2D eigenvalue weighted by Crippen LogP contribution is 2.30. The maximum atomic E-state index is 5.81. The summed E-state index contributed by atoms with van der Waals surface area (Å²) >= 11 is 0. The van der Waals surface area contributed by atoms with E-state index in [1.54, 1.807) is 0 Å². The van der Waals surface area contributed by atoms with Gasteiger partial charge in [-0.15, -0.1) is 0 Å². The van der Waals surface area contributed by atoms with Crippen LogP contribution in [0.25, 0.3) is 0 Å². The van der Waals surface area contributed by atoms with Gasteiger partial charge in [0.1, 0.15) is 5.76 Å². The zero-order valence-corrected chi connectivity index (χ0v) is 11.1. The molecule has 0 aliphatic carbocycles. The van der Waals surface area contributed by atoms with Crippen LogP contribution in [-0.2, 0) is 12.8 Å². The van der Waals surface area contributed by atoms with Gasteiger partial charge in [0.15, 0.2) is 5.82 Å². The number of aromatic nitrogens is 1. The second-order valence-electron chi connectivity index (χ2n) is 5.69. The third-order valence-corrected chi connectivity index (χ3v) is 3.37. The molecule has 0 aliphatic rings. The molecule has 0 aliphatic heterocycles. The van der Waals surface area contributed by atoms with Crippen LogP contribution in [0.5, 0.6) is 0 Å². The van der Waals surface area contributed by atoms with E-state index in [-0.39, 0.29) is 5.41 Å². The summed E-state index contributed by atoms with van der Waals surface area (Å²) in [6, 6.07) is 0. The van der Waals surface area contributed by atoms with Crippen molar-refractivity contribution in [3.63, 3.8) is 0 Å². The van der Waals surface area contributed by atoms with Crippen LogP contribution in [0.1, 0.15) is 52.4 Å². The number of nitrogens with zero attached hydrogens (tertiary/aromatic N) is 1. The predicted octanol–water partition coefficient (Wildman–Crippen LogP) is 3.43. The topological polar surface area (TPSA) is 52.0 Å². The van der Waals surface area contributed by atoms with Gasteiger partial charge in [-0.1, -0.05) is 46.2 Å². The molecule has 1 rings (SSSR count). The molecule has 0 saturated carbocycles. The van der Waals surface area contributed by atoms with Crippen molar-refractivity contribution in [2.24, 2.45) is 11.3 Å². The molecule has 1 aromatic heterocycles. The van der Waals surface area contributed by atoms with E-state index in [0.29, 0.717) is 11.7 Å². The summed E-state index contributed by atoms with van der Waals surface area (Å²) in [4.78, 5) is 0. The van der Waals surface area contributed by atoms with E-state index in [1.807, 2.05) is 0 Å². The second kappa shape index (κ2) is 4.89. The van der Waals surface area contributed by atoms with Gasteiger partial charge in [0.2, 0.25) is 0 Å². The van der Waals surface area contributed by atoms with Gasteiger partial charge in [-0.2, -0.15) is 0 Å². The quantitative estimate of drug-likeness (QED) is 0.852. The number of hydrogen-bond donors (Lipinski definition) is 1. The highest BCUT2D eigenvalue weighted by molar-refractivity contribution is 5.40. The maximum absolute atomic E-state index is 5.81.